The number of benzene rings is 2. The van der Waals surface area contributed by atoms with Crippen LogP contribution in [0, 0.1) is 5.92 Å². The van der Waals surface area contributed by atoms with Crippen molar-refractivity contribution >= 4 is 22.6 Å². The molecule has 198 valence electrons. The van der Waals surface area contributed by atoms with Crippen LogP contribution in [-0.2, 0) is 17.5 Å². The van der Waals surface area contributed by atoms with Gasteiger partial charge in [-0.25, -0.2) is 4.98 Å². The van der Waals surface area contributed by atoms with Crippen LogP contribution >= 0.6 is 0 Å². The summed E-state index contributed by atoms with van der Waals surface area (Å²) in [6.45, 7) is 8.46. The van der Waals surface area contributed by atoms with E-state index in [1.165, 1.54) is 12.1 Å². The SMILES string of the molecule is CC(C)n1c(CN2CCC(C(=O)N3CCN(c4ccccc4C(F)(F)F)CC3)CC2)nc2ccccc21. The third kappa shape index (κ3) is 5.32. The second kappa shape index (κ2) is 10.4. The maximum atomic E-state index is 13.4. The van der Waals surface area contributed by atoms with Crippen LogP contribution in [0.1, 0.15) is 44.1 Å². The molecule has 2 fully saturated rings. The summed E-state index contributed by atoms with van der Waals surface area (Å²) < 4.78 is 42.6. The van der Waals surface area contributed by atoms with Crippen LogP contribution in [0.4, 0.5) is 18.9 Å². The molecule has 1 amide bonds. The number of piperidine rings is 1. The summed E-state index contributed by atoms with van der Waals surface area (Å²) in [6, 6.07) is 14.2. The standard InChI is InChI=1S/C28H34F3N5O/c1-20(2)36-25-10-6-4-8-23(25)32-26(36)19-33-13-11-21(12-14-33)27(37)35-17-15-34(16-18-35)24-9-5-3-7-22(24)28(29,30)31/h3-10,20-21H,11-19H2,1-2H3. The lowest BCUT2D eigenvalue weighted by Gasteiger charge is -2.40. The molecule has 0 saturated carbocycles. The molecular weight excluding hydrogens is 479 g/mol. The smallest absolute Gasteiger partial charge is 0.367 e. The molecule has 3 aromatic rings. The highest BCUT2D eigenvalue weighted by Crippen LogP contribution is 2.37. The predicted octanol–water partition coefficient (Wildman–Crippen LogP) is 5.20. The molecule has 0 spiro atoms. The maximum Gasteiger partial charge on any atom is 0.418 e. The Balaban J connectivity index is 1.16. The molecule has 1 aromatic heterocycles. The summed E-state index contributed by atoms with van der Waals surface area (Å²) in [5.41, 5.74) is 1.73. The fraction of sp³-hybridized carbons (Fsp3) is 0.500. The average Bonchev–Trinajstić information content (AvgIpc) is 3.26. The van der Waals surface area contributed by atoms with E-state index >= 15 is 0 Å². The quantitative estimate of drug-likeness (QED) is 0.471. The van der Waals surface area contributed by atoms with Gasteiger partial charge in [0.25, 0.3) is 0 Å². The molecule has 2 aliphatic heterocycles. The molecule has 6 nitrogen and oxygen atoms in total. The zero-order valence-electron chi connectivity index (χ0n) is 21.4. The molecule has 2 aromatic carbocycles. The molecule has 0 atom stereocenters. The number of likely N-dealkylation sites (tertiary alicyclic amines) is 1. The number of aromatic nitrogens is 2. The lowest BCUT2D eigenvalue weighted by Crippen LogP contribution is -2.52. The highest BCUT2D eigenvalue weighted by atomic mass is 19.4. The number of carbonyl (C=O) groups is 1. The van der Waals surface area contributed by atoms with Gasteiger partial charge in [0.2, 0.25) is 5.91 Å². The van der Waals surface area contributed by atoms with Crippen LogP contribution < -0.4 is 4.90 Å². The van der Waals surface area contributed by atoms with E-state index in [0.717, 1.165) is 55.4 Å². The number of piperazine rings is 1. The van der Waals surface area contributed by atoms with Crippen molar-refractivity contribution in [3.63, 3.8) is 0 Å². The van der Waals surface area contributed by atoms with E-state index in [1.54, 1.807) is 11.0 Å². The third-order valence-corrected chi connectivity index (χ3v) is 7.63. The maximum absolute atomic E-state index is 13.4. The number of halogens is 3. The first-order chi connectivity index (χ1) is 17.7. The van der Waals surface area contributed by atoms with Crippen LogP contribution in [0.25, 0.3) is 11.0 Å². The average molecular weight is 514 g/mol. The van der Waals surface area contributed by atoms with E-state index in [0.29, 0.717) is 32.2 Å². The zero-order chi connectivity index (χ0) is 26.2. The summed E-state index contributed by atoms with van der Waals surface area (Å²) in [4.78, 5) is 24.1. The Hall–Kier alpha value is -3.07. The monoisotopic (exact) mass is 513 g/mol. The fourth-order valence-corrected chi connectivity index (χ4v) is 5.74. The van der Waals surface area contributed by atoms with Gasteiger partial charge in [0.05, 0.1) is 23.1 Å². The number of carbonyl (C=O) groups excluding carboxylic acids is 1. The number of anilines is 1. The first kappa shape index (κ1) is 25.6. The number of alkyl halides is 3. The number of hydrogen-bond donors (Lipinski definition) is 0. The van der Waals surface area contributed by atoms with E-state index in [4.69, 9.17) is 4.98 Å². The summed E-state index contributed by atoms with van der Waals surface area (Å²) >= 11 is 0. The molecule has 0 radical (unpaired) electrons. The van der Waals surface area contributed by atoms with Gasteiger partial charge in [-0.3, -0.25) is 9.69 Å². The van der Waals surface area contributed by atoms with E-state index in [1.807, 2.05) is 23.1 Å². The van der Waals surface area contributed by atoms with Crippen molar-refractivity contribution in [2.75, 3.05) is 44.2 Å². The van der Waals surface area contributed by atoms with Gasteiger partial charge in [-0.2, -0.15) is 13.2 Å². The van der Waals surface area contributed by atoms with E-state index in [-0.39, 0.29) is 17.5 Å². The molecule has 2 aliphatic rings. The van der Waals surface area contributed by atoms with Gasteiger partial charge in [-0.1, -0.05) is 24.3 Å². The Morgan fingerprint density at radius 3 is 2.27 bits per heavy atom. The Kier molecular flexibility index (Phi) is 7.16. The van der Waals surface area contributed by atoms with E-state index < -0.39 is 11.7 Å². The predicted molar refractivity (Wildman–Crippen MR) is 138 cm³/mol. The van der Waals surface area contributed by atoms with Crippen molar-refractivity contribution in [3.05, 3.63) is 59.9 Å². The van der Waals surface area contributed by atoms with Gasteiger partial charge in [-0.15, -0.1) is 0 Å². The highest BCUT2D eigenvalue weighted by molar-refractivity contribution is 5.79. The summed E-state index contributed by atoms with van der Waals surface area (Å²) in [7, 11) is 0. The lowest BCUT2D eigenvalue weighted by molar-refractivity contribution is -0.138. The third-order valence-electron chi connectivity index (χ3n) is 7.63. The Labute approximate surface area is 215 Å². The van der Waals surface area contributed by atoms with Gasteiger partial charge < -0.3 is 14.4 Å². The molecule has 37 heavy (non-hydrogen) atoms. The summed E-state index contributed by atoms with van der Waals surface area (Å²) in [5.74, 6) is 1.16. The number of nitrogens with zero attached hydrogens (tertiary/aromatic N) is 5. The van der Waals surface area contributed by atoms with E-state index in [9.17, 15) is 18.0 Å². The molecular formula is C28H34F3N5O. The van der Waals surface area contributed by atoms with Crippen molar-refractivity contribution in [1.29, 1.82) is 0 Å². The first-order valence-corrected chi connectivity index (χ1v) is 13.1. The normalized spacial score (nSPS) is 18.2. The Morgan fingerprint density at radius 2 is 1.59 bits per heavy atom. The summed E-state index contributed by atoms with van der Waals surface area (Å²) in [5, 5.41) is 0. The molecule has 3 heterocycles. The van der Waals surface area contributed by atoms with Crippen LogP contribution in [0.15, 0.2) is 48.5 Å². The van der Waals surface area contributed by atoms with E-state index in [2.05, 4.69) is 29.4 Å². The number of amides is 1. The number of para-hydroxylation sites is 3. The molecule has 0 unspecified atom stereocenters. The van der Waals surface area contributed by atoms with Gasteiger partial charge in [0.1, 0.15) is 5.82 Å². The lowest BCUT2D eigenvalue weighted by atomic mass is 9.95. The molecule has 0 bridgehead atoms. The highest BCUT2D eigenvalue weighted by Gasteiger charge is 2.36. The van der Waals surface area contributed by atoms with Crippen LogP contribution in [0.2, 0.25) is 0 Å². The Morgan fingerprint density at radius 1 is 0.946 bits per heavy atom. The van der Waals surface area contributed by atoms with Crippen LogP contribution in [-0.4, -0.2) is 64.5 Å². The molecule has 9 heteroatoms. The van der Waals surface area contributed by atoms with Crippen LogP contribution in [0.5, 0.6) is 0 Å². The Bertz CT molecular complexity index is 1240. The molecule has 0 N–H and O–H groups in total. The first-order valence-electron chi connectivity index (χ1n) is 13.1. The number of hydrogen-bond acceptors (Lipinski definition) is 4. The number of fused-ring (bicyclic) bond motifs is 1. The molecule has 0 aliphatic carbocycles. The minimum absolute atomic E-state index is 0.0332. The largest absolute Gasteiger partial charge is 0.418 e. The van der Waals surface area contributed by atoms with Crippen LogP contribution in [0.3, 0.4) is 0 Å². The van der Waals surface area contributed by atoms with Gasteiger partial charge >= 0.3 is 6.18 Å². The van der Waals surface area contributed by atoms with Crippen molar-refractivity contribution in [3.8, 4) is 0 Å². The minimum atomic E-state index is -4.39. The van der Waals surface area contributed by atoms with Crippen molar-refractivity contribution in [1.82, 2.24) is 19.4 Å². The summed E-state index contributed by atoms with van der Waals surface area (Å²) in [6.07, 6.45) is -2.81. The van der Waals surface area contributed by atoms with Gasteiger partial charge in [-0.05, 0) is 64.0 Å². The topological polar surface area (TPSA) is 44.6 Å². The van der Waals surface area contributed by atoms with Crippen molar-refractivity contribution < 1.29 is 18.0 Å². The second-order valence-electron chi connectivity index (χ2n) is 10.4. The fourth-order valence-electron chi connectivity index (χ4n) is 5.74. The minimum Gasteiger partial charge on any atom is -0.367 e. The van der Waals surface area contributed by atoms with Crippen molar-refractivity contribution in [2.24, 2.45) is 5.92 Å². The molecule has 2 saturated heterocycles. The molecule has 5 rings (SSSR count). The number of imidazole rings is 1. The second-order valence-corrected chi connectivity index (χ2v) is 10.4. The number of rotatable bonds is 5. The van der Waals surface area contributed by atoms with Gasteiger partial charge in [0, 0.05) is 43.8 Å². The van der Waals surface area contributed by atoms with Gasteiger partial charge in [0.15, 0.2) is 0 Å². The zero-order valence-corrected chi connectivity index (χ0v) is 21.4. The van der Waals surface area contributed by atoms with Crippen molar-refractivity contribution in [2.45, 2.75) is 45.5 Å².